The minimum Gasteiger partial charge on any atom is -0.458 e. The van der Waals surface area contributed by atoms with Crippen molar-refractivity contribution in [2.75, 3.05) is 7.11 Å². The van der Waals surface area contributed by atoms with Crippen molar-refractivity contribution >= 4 is 46.7 Å². The fourth-order valence-corrected chi connectivity index (χ4v) is 5.21. The lowest BCUT2D eigenvalue weighted by Gasteiger charge is -2.47. The van der Waals surface area contributed by atoms with Gasteiger partial charge in [-0.2, -0.15) is 0 Å². The predicted octanol–water partition coefficient (Wildman–Crippen LogP) is 1.78. The number of rotatable bonds is 7. The molecule has 184 valence electrons. The molecule has 0 saturated heterocycles. The fraction of sp³-hybridized carbons (Fsp3) is 0.500. The standard InChI is InChI=1S/C22H26N2O9S/c1-10(25)30-17-16(29-5)19(32-12(3)27)21(20(33-13(4)28)18(17)31-11(2)26)34-22-23-14-8-6-7-9-15(14)24-22/h6-9,16-21H,1-5H3,(H,23,24)/t16-,17-,18+,19-,20-,21-/m0/s1. The average Bonchev–Trinajstić information content (AvgIpc) is 3.14. The summed E-state index contributed by atoms with van der Waals surface area (Å²) in [7, 11) is 1.34. The molecule has 6 atom stereocenters. The second-order valence-corrected chi connectivity index (χ2v) is 8.80. The summed E-state index contributed by atoms with van der Waals surface area (Å²) in [5.41, 5.74) is 1.47. The van der Waals surface area contributed by atoms with E-state index in [0.29, 0.717) is 10.7 Å². The van der Waals surface area contributed by atoms with Gasteiger partial charge in [0.05, 0.1) is 16.3 Å². The van der Waals surface area contributed by atoms with Gasteiger partial charge in [0, 0.05) is 34.8 Å². The van der Waals surface area contributed by atoms with Gasteiger partial charge in [0.15, 0.2) is 23.5 Å². The Morgan fingerprint density at radius 2 is 1.24 bits per heavy atom. The first-order chi connectivity index (χ1) is 16.1. The highest BCUT2D eigenvalue weighted by molar-refractivity contribution is 7.99. The maximum atomic E-state index is 12.0. The number of nitrogens with one attached hydrogen (secondary N) is 1. The number of esters is 4. The van der Waals surface area contributed by atoms with E-state index < -0.39 is 59.6 Å². The molecule has 1 aromatic carbocycles. The summed E-state index contributed by atoms with van der Waals surface area (Å²) in [4.78, 5) is 55.6. The van der Waals surface area contributed by atoms with E-state index in [4.69, 9.17) is 23.7 Å². The van der Waals surface area contributed by atoms with Crippen molar-refractivity contribution in [2.24, 2.45) is 0 Å². The number of nitrogens with zero attached hydrogens (tertiary/aromatic N) is 1. The summed E-state index contributed by atoms with van der Waals surface area (Å²) in [6.45, 7) is 4.76. The maximum absolute atomic E-state index is 12.0. The van der Waals surface area contributed by atoms with E-state index in [1.165, 1.54) is 34.8 Å². The van der Waals surface area contributed by atoms with Gasteiger partial charge in [0.25, 0.3) is 0 Å². The van der Waals surface area contributed by atoms with E-state index in [-0.39, 0.29) is 0 Å². The number of hydrogen-bond acceptors (Lipinski definition) is 11. The molecular formula is C22H26N2O9S. The number of hydrogen-bond donors (Lipinski definition) is 1. The third-order valence-corrected chi connectivity index (χ3v) is 6.26. The van der Waals surface area contributed by atoms with Gasteiger partial charge in [0.1, 0.15) is 12.2 Å². The summed E-state index contributed by atoms with van der Waals surface area (Å²) in [5.74, 6) is -2.67. The van der Waals surface area contributed by atoms with Crippen LogP contribution in [0.5, 0.6) is 0 Å². The molecule has 0 amide bonds. The van der Waals surface area contributed by atoms with Crippen molar-refractivity contribution in [3.05, 3.63) is 24.3 Å². The molecule has 0 spiro atoms. The quantitative estimate of drug-likeness (QED) is 0.444. The van der Waals surface area contributed by atoms with Crippen molar-refractivity contribution in [3.8, 4) is 0 Å². The van der Waals surface area contributed by atoms with E-state index in [1.807, 2.05) is 24.3 Å². The van der Waals surface area contributed by atoms with Crippen LogP contribution in [0.25, 0.3) is 11.0 Å². The molecular weight excluding hydrogens is 468 g/mol. The van der Waals surface area contributed by atoms with Gasteiger partial charge in [-0.15, -0.1) is 0 Å². The van der Waals surface area contributed by atoms with Crippen LogP contribution in [-0.4, -0.2) is 76.7 Å². The predicted molar refractivity (Wildman–Crippen MR) is 119 cm³/mol. The van der Waals surface area contributed by atoms with Crippen LogP contribution in [0, 0.1) is 0 Å². The molecule has 3 rings (SSSR count). The Balaban J connectivity index is 2.11. The van der Waals surface area contributed by atoms with Crippen LogP contribution in [-0.2, 0) is 42.9 Å². The number of benzene rings is 1. The van der Waals surface area contributed by atoms with Crippen LogP contribution >= 0.6 is 11.8 Å². The van der Waals surface area contributed by atoms with Crippen molar-refractivity contribution in [1.29, 1.82) is 0 Å². The molecule has 2 aromatic rings. The number of carbonyl (C=O) groups is 4. The van der Waals surface area contributed by atoms with Gasteiger partial charge in [-0.3, -0.25) is 19.2 Å². The number of para-hydroxylation sites is 2. The third kappa shape index (κ3) is 5.86. The number of fused-ring (bicyclic) bond motifs is 1. The first-order valence-corrected chi connectivity index (χ1v) is 11.3. The van der Waals surface area contributed by atoms with Gasteiger partial charge in [0.2, 0.25) is 0 Å². The third-order valence-electron chi connectivity index (χ3n) is 5.04. The zero-order valence-corrected chi connectivity index (χ0v) is 20.1. The SMILES string of the molecule is CO[C@H]1[C@H](OC(C)=O)[C@@H](OC(C)=O)[C@H](OC(C)=O)[C@@H](Sc2nc3ccccc3[nH]2)[C@H]1OC(C)=O. The number of imidazole rings is 1. The van der Waals surface area contributed by atoms with Crippen molar-refractivity contribution < 1.29 is 42.9 Å². The average molecular weight is 495 g/mol. The zero-order chi connectivity index (χ0) is 25.0. The Hall–Kier alpha value is -3.12. The van der Waals surface area contributed by atoms with Gasteiger partial charge in [-0.1, -0.05) is 23.9 Å². The van der Waals surface area contributed by atoms with E-state index >= 15 is 0 Å². The lowest BCUT2D eigenvalue weighted by molar-refractivity contribution is -0.225. The number of H-pyrrole nitrogens is 1. The molecule has 34 heavy (non-hydrogen) atoms. The Bertz CT molecular complexity index is 1040. The van der Waals surface area contributed by atoms with Crippen LogP contribution in [0.4, 0.5) is 0 Å². The number of ether oxygens (including phenoxy) is 5. The maximum Gasteiger partial charge on any atom is 0.303 e. The van der Waals surface area contributed by atoms with E-state index in [2.05, 4.69) is 9.97 Å². The largest absolute Gasteiger partial charge is 0.458 e. The van der Waals surface area contributed by atoms with Crippen LogP contribution in [0.3, 0.4) is 0 Å². The van der Waals surface area contributed by atoms with Gasteiger partial charge in [-0.05, 0) is 12.1 Å². The molecule has 1 fully saturated rings. The second-order valence-electron chi connectivity index (χ2n) is 7.64. The highest BCUT2D eigenvalue weighted by atomic mass is 32.2. The van der Waals surface area contributed by atoms with Crippen molar-refractivity contribution in [3.63, 3.8) is 0 Å². The Labute approximate surface area is 199 Å². The fourth-order valence-electron chi connectivity index (χ4n) is 3.94. The summed E-state index contributed by atoms with van der Waals surface area (Å²) in [6.07, 6.45) is -5.71. The Kier molecular flexibility index (Phi) is 8.15. The molecule has 1 saturated carbocycles. The lowest BCUT2D eigenvalue weighted by atomic mass is 9.85. The summed E-state index contributed by atoms with van der Waals surface area (Å²) >= 11 is 1.13. The second kappa shape index (κ2) is 10.9. The molecule has 1 N–H and O–H groups in total. The van der Waals surface area contributed by atoms with Gasteiger partial charge < -0.3 is 28.7 Å². The molecule has 1 aliphatic rings. The normalized spacial score (nSPS) is 26.5. The Morgan fingerprint density at radius 3 is 1.74 bits per heavy atom. The van der Waals surface area contributed by atoms with Crippen LogP contribution in [0.15, 0.2) is 29.4 Å². The van der Waals surface area contributed by atoms with Gasteiger partial charge >= 0.3 is 23.9 Å². The smallest absolute Gasteiger partial charge is 0.303 e. The topological polar surface area (TPSA) is 143 Å². The van der Waals surface area contributed by atoms with E-state index in [0.717, 1.165) is 17.3 Å². The summed E-state index contributed by atoms with van der Waals surface area (Å²) in [6, 6.07) is 7.35. The number of carbonyl (C=O) groups excluding carboxylic acids is 4. The summed E-state index contributed by atoms with van der Waals surface area (Å²) in [5, 5.41) is -0.391. The highest BCUT2D eigenvalue weighted by Gasteiger charge is 2.58. The van der Waals surface area contributed by atoms with E-state index in [9.17, 15) is 19.2 Å². The Morgan fingerprint density at radius 1 is 0.765 bits per heavy atom. The van der Waals surface area contributed by atoms with Crippen molar-refractivity contribution in [2.45, 2.75) is 68.6 Å². The molecule has 11 nitrogen and oxygen atoms in total. The van der Waals surface area contributed by atoms with Gasteiger partial charge in [-0.25, -0.2) is 4.98 Å². The van der Waals surface area contributed by atoms with E-state index in [1.54, 1.807) is 0 Å². The number of methoxy groups -OCH3 is 1. The van der Waals surface area contributed by atoms with Crippen LogP contribution in [0.2, 0.25) is 0 Å². The lowest BCUT2D eigenvalue weighted by Crippen LogP contribution is -2.66. The molecule has 0 bridgehead atoms. The minimum atomic E-state index is -1.23. The highest BCUT2D eigenvalue weighted by Crippen LogP contribution is 2.40. The van der Waals surface area contributed by atoms with Crippen LogP contribution in [0.1, 0.15) is 27.7 Å². The first kappa shape index (κ1) is 25.5. The molecule has 0 unspecified atom stereocenters. The molecule has 0 aliphatic heterocycles. The molecule has 0 radical (unpaired) electrons. The molecule has 12 heteroatoms. The minimum absolute atomic E-state index is 0.447. The number of aromatic nitrogens is 2. The monoisotopic (exact) mass is 494 g/mol. The number of aromatic amines is 1. The zero-order valence-electron chi connectivity index (χ0n) is 19.3. The molecule has 1 aliphatic carbocycles. The van der Waals surface area contributed by atoms with Crippen molar-refractivity contribution in [1.82, 2.24) is 9.97 Å². The first-order valence-electron chi connectivity index (χ1n) is 10.4. The van der Waals surface area contributed by atoms with Crippen LogP contribution < -0.4 is 0 Å². The summed E-state index contributed by atoms with van der Waals surface area (Å²) < 4.78 is 27.6. The molecule has 1 heterocycles. The number of thioether (sulfide) groups is 1. The molecule has 1 aromatic heterocycles.